The Labute approximate surface area is 197 Å². The van der Waals surface area contributed by atoms with Crippen molar-refractivity contribution in [1.82, 2.24) is 25.9 Å². The van der Waals surface area contributed by atoms with Crippen LogP contribution in [-0.4, -0.2) is 75.9 Å². The van der Waals surface area contributed by atoms with Crippen molar-refractivity contribution < 1.29 is 24.3 Å². The number of aliphatic carboxylic acids is 1. The van der Waals surface area contributed by atoms with E-state index in [0.717, 1.165) is 0 Å². The quantitative estimate of drug-likeness (QED) is 0.0751. The summed E-state index contributed by atoms with van der Waals surface area (Å²) in [6.45, 7) is 3.54. The van der Waals surface area contributed by atoms with Crippen LogP contribution in [0.2, 0.25) is 0 Å². The summed E-state index contributed by atoms with van der Waals surface area (Å²) in [6.07, 6.45) is 3.86. The second-order valence-corrected chi connectivity index (χ2v) is 7.83. The van der Waals surface area contributed by atoms with Crippen LogP contribution in [0.5, 0.6) is 0 Å². The van der Waals surface area contributed by atoms with Gasteiger partial charge in [-0.2, -0.15) is 0 Å². The summed E-state index contributed by atoms with van der Waals surface area (Å²) >= 11 is 0. The highest BCUT2D eigenvalue weighted by molar-refractivity contribution is 5.93. The van der Waals surface area contributed by atoms with Crippen molar-refractivity contribution in [3.8, 4) is 0 Å². The number of aromatic nitrogens is 2. The van der Waals surface area contributed by atoms with Crippen molar-refractivity contribution in [2.24, 2.45) is 28.1 Å². The molecule has 3 amide bonds. The first-order chi connectivity index (χ1) is 16.1. The van der Waals surface area contributed by atoms with Crippen LogP contribution in [-0.2, 0) is 25.6 Å². The third-order valence-electron chi connectivity index (χ3n) is 5.17. The van der Waals surface area contributed by atoms with Crippen molar-refractivity contribution in [2.75, 3.05) is 13.1 Å². The summed E-state index contributed by atoms with van der Waals surface area (Å²) in [4.78, 5) is 59.9. The summed E-state index contributed by atoms with van der Waals surface area (Å²) < 4.78 is 0. The number of hydrogen-bond donors (Lipinski definition) is 8. The number of guanidine groups is 1. The van der Waals surface area contributed by atoms with E-state index in [2.05, 4.69) is 30.9 Å². The number of nitrogens with zero attached hydrogens (tertiary/aromatic N) is 2. The fourth-order valence-electron chi connectivity index (χ4n) is 3.06. The zero-order valence-electron chi connectivity index (χ0n) is 19.4. The SMILES string of the molecule is CCC(C)C(NC(=O)CN)C(=O)NC(CCCN=C(N)N)C(=O)NC(Cc1cnc[nH]1)C(=O)O. The minimum Gasteiger partial charge on any atom is -0.480 e. The second-order valence-electron chi connectivity index (χ2n) is 7.83. The predicted octanol–water partition coefficient (Wildman–Crippen LogP) is -2.45. The number of carbonyl (C=O) groups excluding carboxylic acids is 3. The second kappa shape index (κ2) is 14.5. The molecular weight excluding hydrogens is 446 g/mol. The first-order valence-electron chi connectivity index (χ1n) is 10.9. The maximum atomic E-state index is 13.0. The topological polar surface area (TPSA) is 244 Å². The zero-order valence-corrected chi connectivity index (χ0v) is 19.4. The van der Waals surface area contributed by atoms with E-state index in [1.165, 1.54) is 12.5 Å². The molecule has 4 atom stereocenters. The van der Waals surface area contributed by atoms with E-state index in [1.54, 1.807) is 6.92 Å². The van der Waals surface area contributed by atoms with Gasteiger partial charge in [0.25, 0.3) is 0 Å². The molecule has 0 saturated heterocycles. The van der Waals surface area contributed by atoms with E-state index in [-0.39, 0.29) is 37.8 Å². The van der Waals surface area contributed by atoms with Crippen molar-refractivity contribution >= 4 is 29.7 Å². The summed E-state index contributed by atoms with van der Waals surface area (Å²) in [5.74, 6) is -3.40. The van der Waals surface area contributed by atoms with Crippen molar-refractivity contribution in [1.29, 1.82) is 0 Å². The van der Waals surface area contributed by atoms with Gasteiger partial charge in [0.05, 0.1) is 12.9 Å². The normalized spacial score (nSPS) is 14.2. The molecule has 1 heterocycles. The molecular formula is C20H35N9O5. The molecule has 34 heavy (non-hydrogen) atoms. The fraction of sp³-hybridized carbons (Fsp3) is 0.600. The minimum atomic E-state index is -1.26. The lowest BCUT2D eigenvalue weighted by atomic mass is 9.97. The molecule has 0 radical (unpaired) electrons. The number of H-pyrrole nitrogens is 1. The molecule has 4 unspecified atom stereocenters. The number of rotatable bonds is 15. The van der Waals surface area contributed by atoms with Crippen LogP contribution >= 0.6 is 0 Å². The predicted molar refractivity (Wildman–Crippen MR) is 124 cm³/mol. The van der Waals surface area contributed by atoms with Crippen LogP contribution in [0.3, 0.4) is 0 Å². The van der Waals surface area contributed by atoms with Gasteiger partial charge in [-0.05, 0) is 18.8 Å². The van der Waals surface area contributed by atoms with Crippen LogP contribution in [0.4, 0.5) is 0 Å². The Kier molecular flexibility index (Phi) is 12.1. The van der Waals surface area contributed by atoms with E-state index in [4.69, 9.17) is 17.2 Å². The summed E-state index contributed by atoms with van der Waals surface area (Å²) in [5, 5.41) is 17.2. The Hall–Kier alpha value is -3.68. The van der Waals surface area contributed by atoms with Gasteiger partial charge in [-0.3, -0.25) is 19.4 Å². The maximum Gasteiger partial charge on any atom is 0.326 e. The van der Waals surface area contributed by atoms with E-state index >= 15 is 0 Å². The molecule has 0 saturated carbocycles. The first kappa shape index (κ1) is 28.4. The molecule has 1 aromatic rings. The number of amides is 3. The third-order valence-corrected chi connectivity index (χ3v) is 5.17. The van der Waals surface area contributed by atoms with Gasteiger partial charge in [0.1, 0.15) is 18.1 Å². The number of aliphatic imine (C=N–C) groups is 1. The Morgan fingerprint density at radius 2 is 1.82 bits per heavy atom. The van der Waals surface area contributed by atoms with Crippen LogP contribution in [0.1, 0.15) is 38.8 Å². The highest BCUT2D eigenvalue weighted by atomic mass is 16.4. The standard InChI is InChI=1S/C20H35N9O5/c1-3-11(2)16(29-15(30)8-21)18(32)27-13(5-4-6-25-20(22)23)17(31)28-14(19(33)34)7-12-9-24-10-26-12/h9-11,13-14,16H,3-8,21H2,1-2H3,(H,24,26)(H,27,32)(H,28,31)(H,29,30)(H,33,34)(H4,22,23,25). The van der Waals surface area contributed by atoms with Crippen molar-refractivity contribution in [2.45, 2.75) is 57.7 Å². The number of carbonyl (C=O) groups is 4. The first-order valence-corrected chi connectivity index (χ1v) is 10.9. The summed E-state index contributed by atoms with van der Waals surface area (Å²) in [5.41, 5.74) is 16.5. The van der Waals surface area contributed by atoms with Gasteiger partial charge in [-0.1, -0.05) is 20.3 Å². The smallest absolute Gasteiger partial charge is 0.326 e. The van der Waals surface area contributed by atoms with Gasteiger partial charge in [0.15, 0.2) is 5.96 Å². The molecule has 190 valence electrons. The van der Waals surface area contributed by atoms with E-state index in [0.29, 0.717) is 18.5 Å². The number of carboxylic acids is 1. The van der Waals surface area contributed by atoms with Gasteiger partial charge in [0.2, 0.25) is 17.7 Å². The Bertz CT molecular complexity index is 839. The number of nitrogens with two attached hydrogens (primary N) is 3. The van der Waals surface area contributed by atoms with Crippen LogP contribution in [0, 0.1) is 5.92 Å². The van der Waals surface area contributed by atoms with Crippen LogP contribution in [0.25, 0.3) is 0 Å². The average Bonchev–Trinajstić information content (AvgIpc) is 3.30. The number of aromatic amines is 1. The zero-order chi connectivity index (χ0) is 25.7. The highest BCUT2D eigenvalue weighted by Crippen LogP contribution is 2.10. The van der Waals surface area contributed by atoms with Gasteiger partial charge >= 0.3 is 5.97 Å². The van der Waals surface area contributed by atoms with E-state index < -0.39 is 41.8 Å². The van der Waals surface area contributed by atoms with Crippen LogP contribution in [0.15, 0.2) is 17.5 Å². The molecule has 0 aromatic carbocycles. The monoisotopic (exact) mass is 481 g/mol. The van der Waals surface area contributed by atoms with E-state index in [9.17, 15) is 24.3 Å². The van der Waals surface area contributed by atoms with Crippen molar-refractivity contribution in [3.63, 3.8) is 0 Å². The maximum absolute atomic E-state index is 13.0. The lowest BCUT2D eigenvalue weighted by Gasteiger charge is -2.27. The van der Waals surface area contributed by atoms with Crippen LogP contribution < -0.4 is 33.2 Å². The Balaban J connectivity index is 3.01. The minimum absolute atomic E-state index is 0.0300. The van der Waals surface area contributed by atoms with Crippen molar-refractivity contribution in [3.05, 3.63) is 18.2 Å². The molecule has 14 heteroatoms. The molecule has 1 rings (SSSR count). The fourth-order valence-corrected chi connectivity index (χ4v) is 3.06. The number of nitrogens with one attached hydrogen (secondary N) is 4. The molecule has 0 bridgehead atoms. The molecule has 0 spiro atoms. The molecule has 0 aliphatic heterocycles. The summed E-state index contributed by atoms with van der Waals surface area (Å²) in [6, 6.07) is -3.27. The molecule has 14 nitrogen and oxygen atoms in total. The largest absolute Gasteiger partial charge is 0.480 e. The summed E-state index contributed by atoms with van der Waals surface area (Å²) in [7, 11) is 0. The van der Waals surface area contributed by atoms with E-state index in [1.807, 2.05) is 6.92 Å². The Morgan fingerprint density at radius 1 is 1.15 bits per heavy atom. The number of carboxylic acid groups (broad SMARTS) is 1. The lowest BCUT2D eigenvalue weighted by Crippen LogP contribution is -2.57. The van der Waals surface area contributed by atoms with Gasteiger partial charge in [0, 0.05) is 24.9 Å². The average molecular weight is 482 g/mol. The molecule has 0 aliphatic rings. The number of imidazole rings is 1. The third kappa shape index (κ3) is 9.85. The number of hydrogen-bond acceptors (Lipinski definition) is 7. The lowest BCUT2D eigenvalue weighted by molar-refractivity contribution is -0.142. The molecule has 0 fully saturated rings. The van der Waals surface area contributed by atoms with Gasteiger partial charge < -0.3 is 43.2 Å². The molecule has 1 aromatic heterocycles. The molecule has 11 N–H and O–H groups in total. The highest BCUT2D eigenvalue weighted by Gasteiger charge is 2.31. The van der Waals surface area contributed by atoms with Gasteiger partial charge in [-0.25, -0.2) is 9.78 Å². The van der Waals surface area contributed by atoms with Gasteiger partial charge in [-0.15, -0.1) is 0 Å². The molecule has 0 aliphatic carbocycles. The Morgan fingerprint density at radius 3 is 2.35 bits per heavy atom.